The Labute approximate surface area is 160 Å². The van der Waals surface area contributed by atoms with Gasteiger partial charge in [-0.1, -0.05) is 6.08 Å². The van der Waals surface area contributed by atoms with Crippen molar-refractivity contribution in [3.63, 3.8) is 0 Å². The zero-order valence-electron chi connectivity index (χ0n) is 16.0. The highest BCUT2D eigenvalue weighted by atomic mass is 16.5. The summed E-state index contributed by atoms with van der Waals surface area (Å²) in [5.74, 6) is 1.11. The van der Waals surface area contributed by atoms with Crippen molar-refractivity contribution in [3.05, 3.63) is 53.9 Å². The first kappa shape index (κ1) is 18.9. The number of carbonyl (C=O) groups is 1. The molecule has 1 aromatic carbocycles. The second kappa shape index (κ2) is 8.68. The van der Waals surface area contributed by atoms with Crippen LogP contribution in [-0.4, -0.2) is 63.1 Å². The Morgan fingerprint density at radius 2 is 1.70 bits per heavy atom. The van der Waals surface area contributed by atoms with Crippen LogP contribution in [0.5, 0.6) is 11.5 Å². The molecule has 3 rings (SSSR count). The Hall–Kier alpha value is -2.86. The summed E-state index contributed by atoms with van der Waals surface area (Å²) in [6.45, 7) is 3.72. The van der Waals surface area contributed by atoms with Crippen LogP contribution in [0.1, 0.15) is 15.9 Å². The number of allylic oxidation sites excluding steroid dienone is 1. The van der Waals surface area contributed by atoms with E-state index in [1.54, 1.807) is 44.8 Å². The molecule has 0 radical (unpaired) electrons. The molecule has 0 N–H and O–H groups in total. The van der Waals surface area contributed by atoms with Crippen molar-refractivity contribution >= 4 is 17.5 Å². The summed E-state index contributed by atoms with van der Waals surface area (Å²) in [7, 11) is 5.31. The van der Waals surface area contributed by atoms with Crippen molar-refractivity contribution < 1.29 is 14.3 Å². The van der Waals surface area contributed by atoms with Gasteiger partial charge < -0.3 is 19.3 Å². The Bertz CT molecular complexity index is 813. The van der Waals surface area contributed by atoms with Crippen molar-refractivity contribution in [1.29, 1.82) is 0 Å². The van der Waals surface area contributed by atoms with E-state index >= 15 is 0 Å². The first-order valence-corrected chi connectivity index (χ1v) is 8.94. The molecule has 1 fully saturated rings. The third kappa shape index (κ3) is 4.46. The maximum Gasteiger partial charge on any atom is 0.189 e. The maximum atomic E-state index is 12.8. The fourth-order valence-electron chi connectivity index (χ4n) is 3.11. The summed E-state index contributed by atoms with van der Waals surface area (Å²) in [6, 6.07) is 7.37. The van der Waals surface area contributed by atoms with E-state index in [2.05, 4.69) is 21.8 Å². The number of ether oxygens (including phenoxy) is 2. The Balaban J connectivity index is 1.92. The van der Waals surface area contributed by atoms with Gasteiger partial charge >= 0.3 is 0 Å². The van der Waals surface area contributed by atoms with Crippen LogP contribution in [0.25, 0.3) is 6.08 Å². The van der Waals surface area contributed by atoms with Gasteiger partial charge in [-0.05, 0) is 36.9 Å². The average Bonchev–Trinajstić information content (AvgIpc) is 2.72. The molecule has 1 aliphatic rings. The number of aromatic nitrogens is 1. The standard InChI is InChI=1S/C21H25N3O3/c1-23-10-12-24(13-11-23)18-14-17(20(26-2)15-21(18)27-3)19(25)5-4-16-6-8-22-9-7-16/h4-9,14-15H,10-13H2,1-3H3/b5-4+. The fourth-order valence-corrected chi connectivity index (χ4v) is 3.11. The van der Waals surface area contributed by atoms with E-state index in [9.17, 15) is 4.79 Å². The number of benzene rings is 1. The predicted molar refractivity (Wildman–Crippen MR) is 107 cm³/mol. The van der Waals surface area contributed by atoms with Crippen LogP contribution in [-0.2, 0) is 0 Å². The van der Waals surface area contributed by atoms with Crippen LogP contribution in [0, 0.1) is 0 Å². The highest BCUT2D eigenvalue weighted by Gasteiger charge is 2.22. The van der Waals surface area contributed by atoms with Crippen LogP contribution < -0.4 is 14.4 Å². The molecule has 0 bridgehead atoms. The number of methoxy groups -OCH3 is 2. The summed E-state index contributed by atoms with van der Waals surface area (Å²) < 4.78 is 11.0. The van der Waals surface area contributed by atoms with Crippen molar-refractivity contribution in [2.75, 3.05) is 52.3 Å². The Kier molecular flexibility index (Phi) is 6.08. The van der Waals surface area contributed by atoms with Gasteiger partial charge in [0, 0.05) is 44.6 Å². The molecule has 0 spiro atoms. The molecule has 142 valence electrons. The summed E-state index contributed by atoms with van der Waals surface area (Å²) in [5, 5.41) is 0. The molecule has 0 aliphatic carbocycles. The predicted octanol–water partition coefficient (Wildman–Crippen LogP) is 2.75. The second-order valence-electron chi connectivity index (χ2n) is 6.49. The van der Waals surface area contributed by atoms with Crippen molar-refractivity contribution in [1.82, 2.24) is 9.88 Å². The molecule has 1 aliphatic heterocycles. The van der Waals surface area contributed by atoms with E-state index < -0.39 is 0 Å². The van der Waals surface area contributed by atoms with Crippen LogP contribution >= 0.6 is 0 Å². The number of ketones is 1. The van der Waals surface area contributed by atoms with Gasteiger partial charge in [-0.2, -0.15) is 0 Å². The minimum Gasteiger partial charge on any atom is -0.496 e. The smallest absolute Gasteiger partial charge is 0.189 e. The number of hydrogen-bond acceptors (Lipinski definition) is 6. The van der Waals surface area contributed by atoms with Crippen LogP contribution in [0.2, 0.25) is 0 Å². The van der Waals surface area contributed by atoms with E-state index in [-0.39, 0.29) is 5.78 Å². The lowest BCUT2D eigenvalue weighted by Crippen LogP contribution is -2.44. The largest absolute Gasteiger partial charge is 0.496 e. The molecule has 0 amide bonds. The number of carbonyl (C=O) groups excluding carboxylic acids is 1. The summed E-state index contributed by atoms with van der Waals surface area (Å²) >= 11 is 0. The molecule has 0 atom stereocenters. The minimum atomic E-state index is -0.110. The highest BCUT2D eigenvalue weighted by molar-refractivity contribution is 6.09. The van der Waals surface area contributed by atoms with Crippen molar-refractivity contribution in [2.45, 2.75) is 0 Å². The van der Waals surface area contributed by atoms with Crippen LogP contribution in [0.15, 0.2) is 42.7 Å². The maximum absolute atomic E-state index is 12.8. The second-order valence-corrected chi connectivity index (χ2v) is 6.49. The Morgan fingerprint density at radius 1 is 1.04 bits per heavy atom. The summed E-state index contributed by atoms with van der Waals surface area (Å²) in [4.78, 5) is 21.4. The summed E-state index contributed by atoms with van der Waals surface area (Å²) in [5.41, 5.74) is 2.37. The van der Waals surface area contributed by atoms with Gasteiger partial charge in [0.05, 0.1) is 25.5 Å². The van der Waals surface area contributed by atoms with Gasteiger partial charge in [-0.3, -0.25) is 9.78 Å². The average molecular weight is 367 g/mol. The zero-order chi connectivity index (χ0) is 19.2. The molecule has 1 aromatic heterocycles. The lowest BCUT2D eigenvalue weighted by molar-refractivity contribution is 0.104. The molecule has 0 saturated carbocycles. The van der Waals surface area contributed by atoms with E-state index in [4.69, 9.17) is 9.47 Å². The number of likely N-dealkylation sites (N-methyl/N-ethyl adjacent to an activating group) is 1. The van der Waals surface area contributed by atoms with Gasteiger partial charge in [0.25, 0.3) is 0 Å². The SMILES string of the molecule is COc1cc(OC)c(N2CCN(C)CC2)cc1C(=O)/C=C/c1ccncc1. The highest BCUT2D eigenvalue weighted by Crippen LogP contribution is 2.36. The molecule has 2 aromatic rings. The number of piperazine rings is 1. The van der Waals surface area contributed by atoms with E-state index in [1.807, 2.05) is 18.2 Å². The number of anilines is 1. The van der Waals surface area contributed by atoms with Crippen LogP contribution in [0.3, 0.4) is 0 Å². The monoisotopic (exact) mass is 367 g/mol. The lowest BCUT2D eigenvalue weighted by atomic mass is 10.1. The van der Waals surface area contributed by atoms with Gasteiger partial charge in [-0.15, -0.1) is 0 Å². The van der Waals surface area contributed by atoms with E-state index in [1.165, 1.54) is 0 Å². The van der Waals surface area contributed by atoms with Gasteiger partial charge in [0.2, 0.25) is 0 Å². The third-order valence-electron chi connectivity index (χ3n) is 4.74. The lowest BCUT2D eigenvalue weighted by Gasteiger charge is -2.35. The molecule has 27 heavy (non-hydrogen) atoms. The molecule has 6 nitrogen and oxygen atoms in total. The summed E-state index contributed by atoms with van der Waals surface area (Å²) in [6.07, 6.45) is 6.74. The first-order valence-electron chi connectivity index (χ1n) is 8.94. The van der Waals surface area contributed by atoms with Gasteiger partial charge in [0.1, 0.15) is 11.5 Å². The zero-order valence-corrected chi connectivity index (χ0v) is 16.0. The first-order chi connectivity index (χ1) is 13.1. The molecule has 6 heteroatoms. The third-order valence-corrected chi connectivity index (χ3v) is 4.74. The molecule has 0 unspecified atom stereocenters. The molecular weight excluding hydrogens is 342 g/mol. The van der Waals surface area contributed by atoms with Crippen LogP contribution in [0.4, 0.5) is 5.69 Å². The number of pyridine rings is 1. The van der Waals surface area contributed by atoms with Gasteiger partial charge in [-0.25, -0.2) is 0 Å². The fraction of sp³-hybridized carbons (Fsp3) is 0.333. The van der Waals surface area contributed by atoms with E-state index in [0.29, 0.717) is 17.1 Å². The molecule has 1 saturated heterocycles. The molecular formula is C21H25N3O3. The Morgan fingerprint density at radius 3 is 2.33 bits per heavy atom. The number of hydrogen-bond donors (Lipinski definition) is 0. The quantitative estimate of drug-likeness (QED) is 0.578. The normalized spacial score (nSPS) is 15.1. The van der Waals surface area contributed by atoms with Crippen molar-refractivity contribution in [3.8, 4) is 11.5 Å². The number of nitrogens with zero attached hydrogens (tertiary/aromatic N) is 3. The van der Waals surface area contributed by atoms with Crippen molar-refractivity contribution in [2.24, 2.45) is 0 Å². The van der Waals surface area contributed by atoms with E-state index in [0.717, 1.165) is 37.4 Å². The number of rotatable bonds is 6. The molecule has 2 heterocycles. The topological polar surface area (TPSA) is 54.9 Å². The minimum absolute atomic E-state index is 0.110. The van der Waals surface area contributed by atoms with Gasteiger partial charge in [0.15, 0.2) is 5.78 Å².